The summed E-state index contributed by atoms with van der Waals surface area (Å²) >= 11 is 0. The second-order valence-corrected chi connectivity index (χ2v) is 8.32. The third-order valence-electron chi connectivity index (χ3n) is 6.35. The molecule has 4 atom stereocenters. The van der Waals surface area contributed by atoms with Gasteiger partial charge in [0.25, 0.3) is 5.56 Å². The van der Waals surface area contributed by atoms with Gasteiger partial charge < -0.3 is 15.2 Å². The molecule has 2 N–H and O–H groups in total. The zero-order chi connectivity index (χ0) is 20.7. The van der Waals surface area contributed by atoms with Gasteiger partial charge in [0.05, 0.1) is 24.3 Å². The van der Waals surface area contributed by atoms with Crippen LogP contribution in [0.15, 0.2) is 11.0 Å². The van der Waals surface area contributed by atoms with Gasteiger partial charge in [0.1, 0.15) is 5.65 Å². The monoisotopic (exact) mass is 400 g/mol. The highest BCUT2D eigenvalue weighted by molar-refractivity contribution is 5.99. The number of carbonyl (C=O) groups is 1. The van der Waals surface area contributed by atoms with Crippen LogP contribution in [0.2, 0.25) is 0 Å². The largest absolute Gasteiger partial charge is 0.389 e. The predicted molar refractivity (Wildman–Crippen MR) is 109 cm³/mol. The number of nitrogens with one attached hydrogen (secondary N) is 1. The number of rotatable bonds is 4. The lowest BCUT2D eigenvalue weighted by molar-refractivity contribution is -0.0136. The zero-order valence-electron chi connectivity index (χ0n) is 17.1. The number of hydrogen-bond acceptors (Lipinski definition) is 7. The van der Waals surface area contributed by atoms with Crippen LogP contribution in [0, 0.1) is 12.8 Å². The van der Waals surface area contributed by atoms with Gasteiger partial charge in [0, 0.05) is 24.2 Å². The Bertz CT molecular complexity index is 1000. The molecule has 0 bridgehead atoms. The second kappa shape index (κ2) is 7.84. The normalized spacial score (nSPS) is 27.3. The molecule has 156 valence electrons. The molecule has 1 saturated heterocycles. The quantitative estimate of drug-likeness (QED) is 0.758. The Morgan fingerprint density at radius 1 is 1.34 bits per heavy atom. The number of ether oxygens (including phenoxy) is 1. The molecule has 0 spiro atoms. The molecule has 1 aliphatic carbocycles. The summed E-state index contributed by atoms with van der Waals surface area (Å²) in [5.41, 5.74) is 1.13. The van der Waals surface area contributed by atoms with Crippen LogP contribution >= 0.6 is 0 Å². The van der Waals surface area contributed by atoms with Crippen LogP contribution in [-0.2, 0) is 4.74 Å². The highest BCUT2D eigenvalue weighted by atomic mass is 16.5. The van der Waals surface area contributed by atoms with Crippen LogP contribution in [0.4, 0.5) is 5.95 Å². The number of nitrogens with zero attached hydrogens (tertiary/aromatic N) is 3. The van der Waals surface area contributed by atoms with Crippen LogP contribution in [-0.4, -0.2) is 50.8 Å². The van der Waals surface area contributed by atoms with Gasteiger partial charge in [-0.1, -0.05) is 13.3 Å². The molecule has 0 amide bonds. The summed E-state index contributed by atoms with van der Waals surface area (Å²) in [6.07, 6.45) is 4.68. The molecule has 0 aromatic carbocycles. The minimum absolute atomic E-state index is 0.0140. The average molecular weight is 400 g/mol. The summed E-state index contributed by atoms with van der Waals surface area (Å²) < 4.78 is 6.99. The lowest BCUT2D eigenvalue weighted by atomic mass is 10.0. The van der Waals surface area contributed by atoms with Gasteiger partial charge in [-0.05, 0) is 44.6 Å². The van der Waals surface area contributed by atoms with Crippen LogP contribution in [0.3, 0.4) is 0 Å². The van der Waals surface area contributed by atoms with Crippen molar-refractivity contribution < 1.29 is 14.6 Å². The van der Waals surface area contributed by atoms with E-state index in [1.807, 2.05) is 0 Å². The maximum atomic E-state index is 13.3. The highest BCUT2D eigenvalue weighted by Gasteiger charge is 2.31. The molecule has 2 aromatic rings. The lowest BCUT2D eigenvalue weighted by Crippen LogP contribution is -2.42. The molecule has 8 heteroatoms. The number of pyridine rings is 1. The third-order valence-corrected chi connectivity index (χ3v) is 6.35. The van der Waals surface area contributed by atoms with Crippen molar-refractivity contribution in [3.8, 4) is 0 Å². The van der Waals surface area contributed by atoms with Crippen molar-refractivity contribution >= 4 is 22.8 Å². The van der Waals surface area contributed by atoms with Gasteiger partial charge >= 0.3 is 0 Å². The molecule has 1 aliphatic heterocycles. The maximum absolute atomic E-state index is 13.3. The van der Waals surface area contributed by atoms with Gasteiger partial charge in [-0.2, -0.15) is 4.98 Å². The number of anilines is 1. The Hall–Kier alpha value is -2.32. The minimum Gasteiger partial charge on any atom is -0.389 e. The van der Waals surface area contributed by atoms with E-state index in [1.165, 1.54) is 6.92 Å². The predicted octanol–water partition coefficient (Wildman–Crippen LogP) is 2.23. The van der Waals surface area contributed by atoms with Gasteiger partial charge in [-0.25, -0.2) is 4.98 Å². The Labute approximate surface area is 169 Å². The molecule has 0 radical (unpaired) electrons. The van der Waals surface area contributed by atoms with Gasteiger partial charge in [-0.3, -0.25) is 14.2 Å². The van der Waals surface area contributed by atoms with E-state index >= 15 is 0 Å². The van der Waals surface area contributed by atoms with Gasteiger partial charge in [0.15, 0.2) is 5.78 Å². The van der Waals surface area contributed by atoms with E-state index in [1.54, 1.807) is 17.7 Å². The van der Waals surface area contributed by atoms with E-state index in [2.05, 4.69) is 22.2 Å². The first-order valence-corrected chi connectivity index (χ1v) is 10.3. The number of ketones is 1. The first kappa shape index (κ1) is 20.0. The highest BCUT2D eigenvalue weighted by Crippen LogP contribution is 2.36. The van der Waals surface area contributed by atoms with Crippen molar-refractivity contribution in [2.45, 2.75) is 64.6 Å². The second-order valence-electron chi connectivity index (χ2n) is 8.32. The summed E-state index contributed by atoms with van der Waals surface area (Å²) in [5, 5.41) is 14.1. The number of Topliss-reactive ketones (excluding diaryl/α,β-unsaturated/α-hetero) is 1. The summed E-state index contributed by atoms with van der Waals surface area (Å²) in [6.45, 7) is 6.19. The number of carbonyl (C=O) groups excluding carboxylic acids is 1. The molecule has 4 rings (SSSR count). The van der Waals surface area contributed by atoms with E-state index in [0.717, 1.165) is 19.3 Å². The zero-order valence-corrected chi connectivity index (χ0v) is 17.1. The molecule has 3 heterocycles. The summed E-state index contributed by atoms with van der Waals surface area (Å²) in [6, 6.07) is -0.190. The van der Waals surface area contributed by atoms with Crippen molar-refractivity contribution in [1.82, 2.24) is 14.5 Å². The molecule has 8 nitrogen and oxygen atoms in total. The van der Waals surface area contributed by atoms with Crippen LogP contribution < -0.4 is 10.9 Å². The molecular weight excluding hydrogens is 372 g/mol. The Morgan fingerprint density at radius 3 is 2.79 bits per heavy atom. The average Bonchev–Trinajstić information content (AvgIpc) is 3.09. The smallest absolute Gasteiger partial charge is 0.263 e. The fourth-order valence-electron chi connectivity index (χ4n) is 4.69. The first-order valence-electron chi connectivity index (χ1n) is 10.3. The van der Waals surface area contributed by atoms with Crippen LogP contribution in [0.1, 0.15) is 61.5 Å². The van der Waals surface area contributed by atoms with E-state index in [-0.39, 0.29) is 35.6 Å². The number of aliphatic hydroxyl groups excluding tert-OH is 1. The molecule has 1 saturated carbocycles. The fourth-order valence-corrected chi connectivity index (χ4v) is 4.69. The molecule has 2 aliphatic rings. The summed E-state index contributed by atoms with van der Waals surface area (Å²) in [7, 11) is 0. The Balaban J connectivity index is 1.86. The van der Waals surface area contributed by atoms with Gasteiger partial charge in [0.2, 0.25) is 5.95 Å². The number of fused-ring (bicyclic) bond motifs is 1. The number of hydrogen-bond donors (Lipinski definition) is 2. The van der Waals surface area contributed by atoms with Crippen LogP contribution in [0.5, 0.6) is 0 Å². The van der Waals surface area contributed by atoms with Crippen molar-refractivity contribution in [2.75, 3.05) is 18.5 Å². The summed E-state index contributed by atoms with van der Waals surface area (Å²) in [4.78, 5) is 34.7. The molecule has 2 fully saturated rings. The number of aromatic nitrogens is 3. The third kappa shape index (κ3) is 3.55. The Morgan fingerprint density at radius 2 is 2.14 bits per heavy atom. The fraction of sp³-hybridized carbons (Fsp3) is 0.619. The number of aliphatic hydroxyl groups is 1. The van der Waals surface area contributed by atoms with E-state index in [9.17, 15) is 14.7 Å². The van der Waals surface area contributed by atoms with Crippen molar-refractivity contribution in [1.29, 1.82) is 0 Å². The molecular formula is C21H28N4O4. The van der Waals surface area contributed by atoms with Gasteiger partial charge in [-0.15, -0.1) is 0 Å². The summed E-state index contributed by atoms with van der Waals surface area (Å²) in [5.74, 6) is 0.473. The van der Waals surface area contributed by atoms with Crippen LogP contribution in [0.25, 0.3) is 11.0 Å². The topological polar surface area (TPSA) is 106 Å². The standard InChI is InChI=1S/C21H28N4O4/c1-11-5-4-6-16(11)25-19-14(12(2)18(13(3)26)20(25)28)9-22-21(24-19)23-15-7-8-29-10-17(15)27/h9,11,15-17,27H,4-8,10H2,1-3H3,(H,22,23,24)/t11-,15+,16-,17-/m1/s1. The minimum atomic E-state index is -0.637. The lowest BCUT2D eigenvalue weighted by Gasteiger charge is -2.28. The van der Waals surface area contributed by atoms with E-state index in [4.69, 9.17) is 4.74 Å². The van der Waals surface area contributed by atoms with Crippen molar-refractivity contribution in [2.24, 2.45) is 5.92 Å². The Kier molecular flexibility index (Phi) is 5.40. The maximum Gasteiger partial charge on any atom is 0.263 e. The first-order chi connectivity index (χ1) is 13.9. The number of aryl methyl sites for hydroxylation is 1. The molecule has 0 unspecified atom stereocenters. The van der Waals surface area contributed by atoms with E-state index < -0.39 is 6.10 Å². The van der Waals surface area contributed by atoms with Crippen molar-refractivity contribution in [3.63, 3.8) is 0 Å². The SMILES string of the molecule is CC(=O)c1c(C)c2cnc(N[C@H]3CCOC[C@H]3O)nc2n([C@@H]2CCC[C@H]2C)c1=O. The molecule has 2 aromatic heterocycles. The molecule has 29 heavy (non-hydrogen) atoms. The van der Waals surface area contributed by atoms with Crippen molar-refractivity contribution in [3.05, 3.63) is 27.7 Å². The van der Waals surface area contributed by atoms with E-state index in [0.29, 0.717) is 41.5 Å².